The van der Waals surface area contributed by atoms with Gasteiger partial charge in [-0.2, -0.15) is 25.3 Å². The molecule has 0 amide bonds. The maximum atomic E-state index is 4.64. The quantitative estimate of drug-likeness (QED) is 0.619. The molecular weight excluding hydrogens is 244 g/mol. The van der Waals surface area contributed by atoms with E-state index in [2.05, 4.69) is 53.0 Å². The van der Waals surface area contributed by atoms with Gasteiger partial charge in [-0.05, 0) is 61.0 Å². The molecule has 0 aliphatic heterocycles. The summed E-state index contributed by atoms with van der Waals surface area (Å²) in [6.07, 6.45) is 6.72. The van der Waals surface area contributed by atoms with Gasteiger partial charge in [0.15, 0.2) is 0 Å². The van der Waals surface area contributed by atoms with Crippen molar-refractivity contribution in [1.29, 1.82) is 0 Å². The molecular formula is C15H30S2. The normalized spacial score (nSPS) is 33.0. The minimum absolute atomic E-state index is 0.543. The van der Waals surface area contributed by atoms with Crippen LogP contribution in [0.3, 0.4) is 0 Å². The van der Waals surface area contributed by atoms with Crippen LogP contribution in [-0.4, -0.2) is 10.5 Å². The lowest BCUT2D eigenvalue weighted by atomic mass is 9.83. The molecule has 1 aliphatic rings. The van der Waals surface area contributed by atoms with E-state index in [1.807, 2.05) is 0 Å². The third-order valence-electron chi connectivity index (χ3n) is 4.52. The number of hydrogen-bond donors (Lipinski definition) is 2. The van der Waals surface area contributed by atoms with Crippen LogP contribution in [0, 0.1) is 23.7 Å². The molecule has 0 bridgehead atoms. The number of hydrogen-bond acceptors (Lipinski definition) is 2. The summed E-state index contributed by atoms with van der Waals surface area (Å²) < 4.78 is 0. The van der Waals surface area contributed by atoms with Crippen LogP contribution in [0.5, 0.6) is 0 Å². The van der Waals surface area contributed by atoms with Crippen molar-refractivity contribution in [2.75, 3.05) is 0 Å². The van der Waals surface area contributed by atoms with Gasteiger partial charge in [-0.15, -0.1) is 0 Å². The Bertz CT molecular complexity index is 213. The summed E-state index contributed by atoms with van der Waals surface area (Å²) in [7, 11) is 0. The van der Waals surface area contributed by atoms with Crippen molar-refractivity contribution >= 4 is 25.3 Å². The first-order chi connectivity index (χ1) is 7.90. The van der Waals surface area contributed by atoms with E-state index >= 15 is 0 Å². The molecule has 0 heterocycles. The second-order valence-electron chi connectivity index (χ2n) is 6.53. The minimum atomic E-state index is 0.543. The zero-order chi connectivity index (χ0) is 13.0. The first-order valence-electron chi connectivity index (χ1n) is 7.26. The fourth-order valence-electron chi connectivity index (χ4n) is 3.29. The highest BCUT2D eigenvalue weighted by Gasteiger charge is 2.29. The van der Waals surface area contributed by atoms with E-state index in [4.69, 9.17) is 0 Å². The molecule has 17 heavy (non-hydrogen) atoms. The van der Waals surface area contributed by atoms with Gasteiger partial charge in [0.25, 0.3) is 0 Å². The topological polar surface area (TPSA) is 0 Å². The second kappa shape index (κ2) is 7.33. The van der Waals surface area contributed by atoms with Crippen LogP contribution in [-0.2, 0) is 0 Å². The van der Waals surface area contributed by atoms with Crippen LogP contribution in [0.25, 0.3) is 0 Å². The van der Waals surface area contributed by atoms with Gasteiger partial charge in [0, 0.05) is 5.25 Å². The van der Waals surface area contributed by atoms with E-state index in [9.17, 15) is 0 Å². The standard InChI is InChI=1S/C15H30S2/c1-10(2)13(8-12(4)16)5-6-14-9-15(17)7-11(14)3/h10-17H,5-9H2,1-4H3. The molecule has 0 aromatic heterocycles. The van der Waals surface area contributed by atoms with Crippen LogP contribution in [0.15, 0.2) is 0 Å². The summed E-state index contributed by atoms with van der Waals surface area (Å²) in [5.74, 6) is 3.47. The van der Waals surface area contributed by atoms with E-state index in [1.165, 1.54) is 32.1 Å². The number of rotatable bonds is 6. The fourth-order valence-corrected chi connectivity index (χ4v) is 4.17. The van der Waals surface area contributed by atoms with Gasteiger partial charge in [-0.25, -0.2) is 0 Å². The van der Waals surface area contributed by atoms with Crippen molar-refractivity contribution in [3.8, 4) is 0 Å². The molecule has 2 heteroatoms. The predicted octanol–water partition coefficient (Wildman–Crippen LogP) is 5.09. The van der Waals surface area contributed by atoms with E-state index in [-0.39, 0.29) is 0 Å². The highest BCUT2D eigenvalue weighted by Crippen LogP contribution is 2.39. The summed E-state index contributed by atoms with van der Waals surface area (Å²) in [6, 6.07) is 0. The maximum Gasteiger partial charge on any atom is 0.00221 e. The summed E-state index contributed by atoms with van der Waals surface area (Å²) in [5.41, 5.74) is 0. The van der Waals surface area contributed by atoms with Crippen molar-refractivity contribution in [3.05, 3.63) is 0 Å². The van der Waals surface area contributed by atoms with Gasteiger partial charge in [-0.3, -0.25) is 0 Å². The van der Waals surface area contributed by atoms with Gasteiger partial charge in [0.1, 0.15) is 0 Å². The summed E-state index contributed by atoms with van der Waals surface area (Å²) in [4.78, 5) is 0. The Hall–Kier alpha value is 0.700. The molecule has 102 valence electrons. The Morgan fingerprint density at radius 1 is 1.18 bits per heavy atom. The number of thiol groups is 2. The predicted molar refractivity (Wildman–Crippen MR) is 85.3 cm³/mol. The SMILES string of the molecule is CC(S)CC(CCC1CC(S)CC1C)C(C)C. The molecule has 0 N–H and O–H groups in total. The molecule has 0 spiro atoms. The molecule has 1 saturated carbocycles. The van der Waals surface area contributed by atoms with Crippen molar-refractivity contribution in [3.63, 3.8) is 0 Å². The second-order valence-corrected chi connectivity index (χ2v) is 8.14. The average molecular weight is 275 g/mol. The Balaban J connectivity index is 2.36. The molecule has 0 nitrogen and oxygen atoms in total. The molecule has 5 atom stereocenters. The molecule has 0 aromatic carbocycles. The van der Waals surface area contributed by atoms with Crippen LogP contribution in [0.2, 0.25) is 0 Å². The third-order valence-corrected chi connectivity index (χ3v) is 5.15. The van der Waals surface area contributed by atoms with Gasteiger partial charge in [-0.1, -0.05) is 27.7 Å². The van der Waals surface area contributed by atoms with Crippen molar-refractivity contribution in [2.45, 2.75) is 70.3 Å². The Morgan fingerprint density at radius 3 is 2.24 bits per heavy atom. The van der Waals surface area contributed by atoms with Crippen molar-refractivity contribution in [1.82, 2.24) is 0 Å². The van der Waals surface area contributed by atoms with Crippen molar-refractivity contribution in [2.24, 2.45) is 23.7 Å². The van der Waals surface area contributed by atoms with Crippen LogP contribution >= 0.6 is 25.3 Å². The van der Waals surface area contributed by atoms with E-state index < -0.39 is 0 Å². The van der Waals surface area contributed by atoms with Crippen LogP contribution < -0.4 is 0 Å². The molecule has 5 unspecified atom stereocenters. The van der Waals surface area contributed by atoms with Crippen LogP contribution in [0.1, 0.15) is 59.8 Å². The molecule has 1 fully saturated rings. The summed E-state index contributed by atoms with van der Waals surface area (Å²) in [5, 5.41) is 1.21. The van der Waals surface area contributed by atoms with E-state index in [1.54, 1.807) is 0 Å². The molecule has 0 aromatic rings. The molecule has 0 radical (unpaired) electrons. The summed E-state index contributed by atoms with van der Waals surface area (Å²) in [6.45, 7) is 9.35. The van der Waals surface area contributed by atoms with Gasteiger partial charge in [0.2, 0.25) is 0 Å². The lowest BCUT2D eigenvalue weighted by Crippen LogP contribution is -2.15. The Kier molecular flexibility index (Phi) is 6.79. The molecule has 1 aliphatic carbocycles. The average Bonchev–Trinajstić information content (AvgIpc) is 2.51. The van der Waals surface area contributed by atoms with Crippen molar-refractivity contribution < 1.29 is 0 Å². The lowest BCUT2D eigenvalue weighted by molar-refractivity contribution is 0.282. The largest absolute Gasteiger partial charge is 0.176 e. The minimum Gasteiger partial charge on any atom is -0.176 e. The van der Waals surface area contributed by atoms with E-state index in [0.717, 1.165) is 23.7 Å². The smallest absolute Gasteiger partial charge is 0.00221 e. The zero-order valence-electron chi connectivity index (χ0n) is 11.9. The molecule has 0 saturated heterocycles. The van der Waals surface area contributed by atoms with Gasteiger partial charge >= 0.3 is 0 Å². The lowest BCUT2D eigenvalue weighted by Gasteiger charge is -2.25. The maximum absolute atomic E-state index is 4.64. The zero-order valence-corrected chi connectivity index (χ0v) is 13.7. The van der Waals surface area contributed by atoms with Crippen LogP contribution in [0.4, 0.5) is 0 Å². The Morgan fingerprint density at radius 2 is 1.82 bits per heavy atom. The Labute approximate surface area is 119 Å². The third kappa shape index (κ3) is 5.46. The first kappa shape index (κ1) is 15.8. The highest BCUT2D eigenvalue weighted by molar-refractivity contribution is 7.81. The molecule has 1 rings (SSSR count). The highest BCUT2D eigenvalue weighted by atomic mass is 32.1. The van der Waals surface area contributed by atoms with Gasteiger partial charge < -0.3 is 0 Å². The summed E-state index contributed by atoms with van der Waals surface area (Å²) >= 11 is 9.19. The van der Waals surface area contributed by atoms with Gasteiger partial charge in [0.05, 0.1) is 0 Å². The fraction of sp³-hybridized carbons (Fsp3) is 1.00. The first-order valence-corrected chi connectivity index (χ1v) is 8.29. The van der Waals surface area contributed by atoms with E-state index in [0.29, 0.717) is 10.5 Å². The monoisotopic (exact) mass is 274 g/mol.